The van der Waals surface area contributed by atoms with Crippen LogP contribution >= 0.6 is 11.6 Å². The van der Waals surface area contributed by atoms with Crippen LogP contribution in [0.5, 0.6) is 0 Å². The van der Waals surface area contributed by atoms with Crippen molar-refractivity contribution in [3.05, 3.63) is 34.6 Å². The fourth-order valence-electron chi connectivity index (χ4n) is 1.69. The van der Waals surface area contributed by atoms with Crippen LogP contribution in [0, 0.1) is 11.7 Å². The molecule has 0 radical (unpaired) electrons. The average molecular weight is 260 g/mol. The van der Waals surface area contributed by atoms with E-state index < -0.39 is 5.82 Å². The summed E-state index contributed by atoms with van der Waals surface area (Å²) < 4.78 is 13.1. The molecular weight excluding hydrogens is 241 g/mol. The molecule has 0 aliphatic heterocycles. The van der Waals surface area contributed by atoms with E-state index in [4.69, 9.17) is 11.6 Å². The molecule has 1 atom stereocenters. The highest BCUT2D eigenvalue weighted by Gasteiger charge is 2.08. The van der Waals surface area contributed by atoms with E-state index in [1.165, 1.54) is 6.07 Å². The molecule has 0 heterocycles. The molecule has 0 aliphatic rings. The molecule has 0 fully saturated rings. The zero-order valence-electron chi connectivity index (χ0n) is 10.2. The lowest BCUT2D eigenvalue weighted by Gasteiger charge is -2.14. The minimum Gasteiger partial charge on any atom is -0.392 e. The van der Waals surface area contributed by atoms with Crippen molar-refractivity contribution >= 4 is 11.6 Å². The molecule has 0 aliphatic carbocycles. The maximum Gasteiger partial charge on any atom is 0.142 e. The van der Waals surface area contributed by atoms with Crippen LogP contribution < -0.4 is 5.32 Å². The van der Waals surface area contributed by atoms with Crippen LogP contribution in [0.3, 0.4) is 0 Å². The third-order valence-corrected chi connectivity index (χ3v) is 2.89. The van der Waals surface area contributed by atoms with E-state index in [-0.39, 0.29) is 11.1 Å². The Hall–Kier alpha value is -0.640. The molecule has 0 bridgehead atoms. The molecule has 0 aromatic heterocycles. The molecule has 0 spiro atoms. The molecular formula is C13H19ClFNO. The second-order valence-electron chi connectivity index (χ2n) is 4.63. The Morgan fingerprint density at radius 2 is 2.12 bits per heavy atom. The Morgan fingerprint density at radius 3 is 2.76 bits per heavy atom. The Labute approximate surface area is 107 Å². The molecule has 1 rings (SSSR count). The van der Waals surface area contributed by atoms with Crippen LogP contribution in [0.15, 0.2) is 18.2 Å². The zero-order chi connectivity index (χ0) is 12.8. The van der Waals surface area contributed by atoms with Gasteiger partial charge in [-0.3, -0.25) is 0 Å². The average Bonchev–Trinajstić information content (AvgIpc) is 2.23. The van der Waals surface area contributed by atoms with Crippen LogP contribution in [-0.4, -0.2) is 17.8 Å². The van der Waals surface area contributed by atoms with E-state index in [2.05, 4.69) is 19.2 Å². The number of halogens is 2. The molecule has 1 aromatic carbocycles. The summed E-state index contributed by atoms with van der Waals surface area (Å²) in [5.74, 6) is 0.0539. The van der Waals surface area contributed by atoms with Crippen LogP contribution in [-0.2, 0) is 6.54 Å². The van der Waals surface area contributed by atoms with Gasteiger partial charge in [-0.05, 0) is 24.0 Å². The third kappa shape index (κ3) is 5.02. The quantitative estimate of drug-likeness (QED) is 0.823. The third-order valence-electron chi connectivity index (χ3n) is 2.47. The molecule has 2 nitrogen and oxygen atoms in total. The van der Waals surface area contributed by atoms with Crippen molar-refractivity contribution in [2.45, 2.75) is 32.9 Å². The first kappa shape index (κ1) is 14.4. The van der Waals surface area contributed by atoms with E-state index >= 15 is 0 Å². The lowest BCUT2D eigenvalue weighted by Crippen LogP contribution is -2.27. The van der Waals surface area contributed by atoms with Gasteiger partial charge in [-0.15, -0.1) is 0 Å². The summed E-state index contributed by atoms with van der Waals surface area (Å²) in [5, 5.41) is 12.9. The van der Waals surface area contributed by atoms with Gasteiger partial charge in [0.1, 0.15) is 5.82 Å². The zero-order valence-corrected chi connectivity index (χ0v) is 11.0. The lowest BCUT2D eigenvalue weighted by atomic mass is 10.1. The molecule has 96 valence electrons. The van der Waals surface area contributed by atoms with Gasteiger partial charge in [0, 0.05) is 13.1 Å². The summed E-state index contributed by atoms with van der Waals surface area (Å²) in [6, 6.07) is 4.73. The molecule has 1 unspecified atom stereocenters. The number of aliphatic hydroxyl groups excluding tert-OH is 1. The first-order chi connectivity index (χ1) is 8.00. The predicted molar refractivity (Wildman–Crippen MR) is 68.6 cm³/mol. The first-order valence-corrected chi connectivity index (χ1v) is 6.20. The molecule has 2 N–H and O–H groups in total. The maximum atomic E-state index is 13.1. The summed E-state index contributed by atoms with van der Waals surface area (Å²) in [5.41, 5.74) is 0.711. The van der Waals surface area contributed by atoms with Crippen LogP contribution in [0.1, 0.15) is 25.8 Å². The summed E-state index contributed by atoms with van der Waals surface area (Å²) >= 11 is 5.82. The van der Waals surface area contributed by atoms with E-state index in [1.54, 1.807) is 12.1 Å². The Kier molecular flexibility index (Phi) is 5.89. The fourth-order valence-corrected chi connectivity index (χ4v) is 1.88. The van der Waals surface area contributed by atoms with E-state index in [1.807, 2.05) is 0 Å². The molecule has 1 aromatic rings. The molecule has 0 amide bonds. The highest BCUT2D eigenvalue weighted by atomic mass is 35.5. The van der Waals surface area contributed by atoms with Gasteiger partial charge in [-0.1, -0.05) is 37.6 Å². The van der Waals surface area contributed by atoms with Crippen molar-refractivity contribution in [2.75, 3.05) is 6.54 Å². The number of aliphatic hydroxyl groups is 1. The van der Waals surface area contributed by atoms with Gasteiger partial charge >= 0.3 is 0 Å². The van der Waals surface area contributed by atoms with Crippen LogP contribution in [0.4, 0.5) is 4.39 Å². The maximum absolute atomic E-state index is 13.1. The van der Waals surface area contributed by atoms with E-state index in [0.29, 0.717) is 24.6 Å². The summed E-state index contributed by atoms with van der Waals surface area (Å²) in [7, 11) is 0. The molecule has 17 heavy (non-hydrogen) atoms. The first-order valence-electron chi connectivity index (χ1n) is 5.82. The highest BCUT2D eigenvalue weighted by molar-refractivity contribution is 6.31. The van der Waals surface area contributed by atoms with Gasteiger partial charge in [0.25, 0.3) is 0 Å². The van der Waals surface area contributed by atoms with Crippen molar-refractivity contribution in [2.24, 2.45) is 5.92 Å². The van der Waals surface area contributed by atoms with Crippen LogP contribution in [0.2, 0.25) is 5.02 Å². The monoisotopic (exact) mass is 259 g/mol. The van der Waals surface area contributed by atoms with Gasteiger partial charge in [-0.25, -0.2) is 4.39 Å². The van der Waals surface area contributed by atoms with Gasteiger partial charge in [0.2, 0.25) is 0 Å². The van der Waals surface area contributed by atoms with Gasteiger partial charge in [0.05, 0.1) is 11.1 Å². The van der Waals surface area contributed by atoms with Crippen molar-refractivity contribution in [3.63, 3.8) is 0 Å². The molecule has 4 heteroatoms. The van der Waals surface area contributed by atoms with Crippen molar-refractivity contribution in [1.29, 1.82) is 0 Å². The summed E-state index contributed by atoms with van der Waals surface area (Å²) in [4.78, 5) is 0. The Bertz CT molecular complexity index is 357. The minimum absolute atomic E-state index is 0.151. The second-order valence-corrected chi connectivity index (χ2v) is 5.01. The number of benzene rings is 1. The van der Waals surface area contributed by atoms with Crippen molar-refractivity contribution in [3.8, 4) is 0 Å². The number of rotatable bonds is 6. The second kappa shape index (κ2) is 6.94. The normalized spacial score (nSPS) is 13.1. The molecule has 0 saturated heterocycles. The largest absolute Gasteiger partial charge is 0.392 e. The van der Waals surface area contributed by atoms with E-state index in [0.717, 1.165) is 6.42 Å². The number of hydrogen-bond acceptors (Lipinski definition) is 2. The van der Waals surface area contributed by atoms with Crippen molar-refractivity contribution in [1.82, 2.24) is 5.32 Å². The minimum atomic E-state index is -0.409. The topological polar surface area (TPSA) is 32.3 Å². The van der Waals surface area contributed by atoms with Gasteiger partial charge in [0.15, 0.2) is 0 Å². The Balaban J connectivity index is 2.38. The Morgan fingerprint density at radius 1 is 1.41 bits per heavy atom. The smallest absolute Gasteiger partial charge is 0.142 e. The number of hydrogen-bond donors (Lipinski definition) is 2. The fraction of sp³-hybridized carbons (Fsp3) is 0.538. The van der Waals surface area contributed by atoms with Crippen molar-refractivity contribution < 1.29 is 9.50 Å². The van der Waals surface area contributed by atoms with Crippen LogP contribution in [0.25, 0.3) is 0 Å². The van der Waals surface area contributed by atoms with E-state index in [9.17, 15) is 9.50 Å². The summed E-state index contributed by atoms with van der Waals surface area (Å²) in [6.45, 7) is 5.08. The van der Waals surface area contributed by atoms with Gasteiger partial charge < -0.3 is 10.4 Å². The molecule has 0 saturated carbocycles. The summed E-state index contributed by atoms with van der Waals surface area (Å²) in [6.07, 6.45) is 0.381. The predicted octanol–water partition coefficient (Wildman–Crippen LogP) is 2.98. The standard InChI is InChI=1S/C13H19ClFNO/c1-9(2)6-11(17)8-16-7-10-4-3-5-12(15)13(10)14/h3-5,9,11,16-17H,6-8H2,1-2H3. The number of nitrogens with one attached hydrogen (secondary N) is 1. The SMILES string of the molecule is CC(C)CC(O)CNCc1cccc(F)c1Cl. The lowest BCUT2D eigenvalue weighted by molar-refractivity contribution is 0.146. The van der Waals surface area contributed by atoms with Gasteiger partial charge in [-0.2, -0.15) is 0 Å². The highest BCUT2D eigenvalue weighted by Crippen LogP contribution is 2.19.